The van der Waals surface area contributed by atoms with E-state index in [-0.39, 0.29) is 11.7 Å². The van der Waals surface area contributed by atoms with Gasteiger partial charge in [-0.05, 0) is 25.0 Å². The number of carbonyl (C=O) groups excluding carboxylic acids is 3. The molecule has 1 amide bonds. The van der Waals surface area contributed by atoms with E-state index < -0.39 is 6.04 Å². The van der Waals surface area contributed by atoms with Crippen LogP contribution in [0.2, 0.25) is 0 Å². The van der Waals surface area contributed by atoms with E-state index in [4.69, 9.17) is 0 Å². The predicted octanol–water partition coefficient (Wildman–Crippen LogP) is 2.76. The summed E-state index contributed by atoms with van der Waals surface area (Å²) in [7, 11) is 0. The average molecular weight is 275 g/mol. The molecule has 1 rings (SSSR count). The van der Waals surface area contributed by atoms with Gasteiger partial charge in [0.2, 0.25) is 5.91 Å². The summed E-state index contributed by atoms with van der Waals surface area (Å²) in [4.78, 5) is 37.0. The molecule has 0 N–H and O–H groups in total. The molecule has 108 valence electrons. The number of amides is 1. The number of hydrogen-bond acceptors (Lipinski definition) is 3. The number of nitrogens with zero attached hydrogens (tertiary/aromatic N) is 1. The van der Waals surface area contributed by atoms with Crippen LogP contribution in [0.5, 0.6) is 0 Å². The Hall–Kier alpha value is -1.97. The van der Waals surface area contributed by atoms with Crippen molar-refractivity contribution in [1.29, 1.82) is 0 Å². The van der Waals surface area contributed by atoms with Gasteiger partial charge >= 0.3 is 0 Å². The van der Waals surface area contributed by atoms with Crippen molar-refractivity contribution in [2.45, 2.75) is 45.6 Å². The molecule has 0 aliphatic heterocycles. The maximum atomic E-state index is 12.3. The minimum atomic E-state index is -1.02. The predicted molar refractivity (Wildman–Crippen MR) is 78.6 cm³/mol. The molecule has 0 saturated carbocycles. The largest absolute Gasteiger partial charge is 0.301 e. The Kier molecular flexibility index (Phi) is 6.64. The molecule has 0 aliphatic rings. The third-order valence-electron chi connectivity index (χ3n) is 3.00. The molecule has 4 nitrogen and oxygen atoms in total. The number of carbonyl (C=O) groups is 3. The highest BCUT2D eigenvalue weighted by molar-refractivity contribution is 6.09. The fraction of sp³-hybridized carbons (Fsp3) is 0.438. The standard InChI is InChI=1S/C16H21NO3/c1-3-8-15(19)14(12-18)17(16(20)9-4-2)13-10-6-5-7-11-13/h5-7,10-12,14H,3-4,8-9H2,1-2H3. The van der Waals surface area contributed by atoms with Crippen molar-refractivity contribution in [3.05, 3.63) is 30.3 Å². The minimum Gasteiger partial charge on any atom is -0.301 e. The normalized spacial score (nSPS) is 11.7. The third kappa shape index (κ3) is 4.02. The van der Waals surface area contributed by atoms with Crippen LogP contribution in [0, 0.1) is 0 Å². The van der Waals surface area contributed by atoms with Crippen LogP contribution in [0.3, 0.4) is 0 Å². The van der Waals surface area contributed by atoms with E-state index in [9.17, 15) is 14.4 Å². The van der Waals surface area contributed by atoms with Gasteiger partial charge in [-0.3, -0.25) is 14.5 Å². The van der Waals surface area contributed by atoms with Gasteiger partial charge < -0.3 is 4.79 Å². The molecule has 1 unspecified atom stereocenters. The molecule has 1 atom stereocenters. The number of para-hydroxylation sites is 1. The molecule has 0 heterocycles. The van der Waals surface area contributed by atoms with E-state index in [2.05, 4.69) is 0 Å². The van der Waals surface area contributed by atoms with Gasteiger partial charge in [0.1, 0.15) is 0 Å². The van der Waals surface area contributed by atoms with Gasteiger partial charge in [-0.15, -0.1) is 0 Å². The van der Waals surface area contributed by atoms with Crippen LogP contribution >= 0.6 is 0 Å². The number of aldehydes is 1. The Labute approximate surface area is 119 Å². The van der Waals surface area contributed by atoms with Crippen molar-refractivity contribution in [1.82, 2.24) is 0 Å². The van der Waals surface area contributed by atoms with E-state index in [1.807, 2.05) is 19.9 Å². The van der Waals surface area contributed by atoms with Gasteiger partial charge in [0, 0.05) is 18.5 Å². The zero-order valence-corrected chi connectivity index (χ0v) is 12.0. The van der Waals surface area contributed by atoms with Crippen LogP contribution in [-0.4, -0.2) is 24.0 Å². The number of Topliss-reactive ketones (excluding diaryl/α,β-unsaturated/α-hetero) is 1. The van der Waals surface area contributed by atoms with Gasteiger partial charge in [-0.2, -0.15) is 0 Å². The molecule has 0 aromatic heterocycles. The van der Waals surface area contributed by atoms with Crippen molar-refractivity contribution >= 4 is 23.7 Å². The highest BCUT2D eigenvalue weighted by atomic mass is 16.2. The summed E-state index contributed by atoms with van der Waals surface area (Å²) in [6.45, 7) is 3.77. The number of anilines is 1. The lowest BCUT2D eigenvalue weighted by Crippen LogP contribution is -2.46. The van der Waals surface area contributed by atoms with Gasteiger partial charge in [0.25, 0.3) is 0 Å². The summed E-state index contributed by atoms with van der Waals surface area (Å²) in [6, 6.07) is 7.86. The fourth-order valence-electron chi connectivity index (χ4n) is 2.06. The lowest BCUT2D eigenvalue weighted by molar-refractivity contribution is -0.128. The van der Waals surface area contributed by atoms with E-state index in [1.54, 1.807) is 24.3 Å². The third-order valence-corrected chi connectivity index (χ3v) is 3.00. The number of ketones is 1. The summed E-state index contributed by atoms with van der Waals surface area (Å²) in [5.74, 6) is -0.406. The second kappa shape index (κ2) is 8.25. The first-order chi connectivity index (χ1) is 9.65. The number of benzene rings is 1. The second-order valence-corrected chi connectivity index (χ2v) is 4.65. The van der Waals surface area contributed by atoms with Crippen LogP contribution < -0.4 is 4.90 Å². The quantitative estimate of drug-likeness (QED) is 0.541. The lowest BCUT2D eigenvalue weighted by atomic mass is 10.1. The monoisotopic (exact) mass is 275 g/mol. The summed E-state index contributed by atoms with van der Waals surface area (Å²) in [5.41, 5.74) is 0.590. The van der Waals surface area contributed by atoms with Crippen molar-refractivity contribution < 1.29 is 14.4 Å². The maximum absolute atomic E-state index is 12.3. The zero-order valence-electron chi connectivity index (χ0n) is 12.0. The lowest BCUT2D eigenvalue weighted by Gasteiger charge is -2.27. The number of rotatable bonds is 8. The fourth-order valence-corrected chi connectivity index (χ4v) is 2.06. The van der Waals surface area contributed by atoms with Crippen LogP contribution in [0.1, 0.15) is 39.5 Å². The SMILES string of the molecule is CCCC(=O)C(C=O)N(C(=O)CCC)c1ccccc1. The highest BCUT2D eigenvalue weighted by Crippen LogP contribution is 2.19. The first kappa shape index (κ1) is 16.1. The highest BCUT2D eigenvalue weighted by Gasteiger charge is 2.29. The van der Waals surface area contributed by atoms with Crippen molar-refractivity contribution in [3.63, 3.8) is 0 Å². The molecule has 20 heavy (non-hydrogen) atoms. The Morgan fingerprint density at radius 2 is 1.70 bits per heavy atom. The topological polar surface area (TPSA) is 54.5 Å². The number of hydrogen-bond donors (Lipinski definition) is 0. The van der Waals surface area contributed by atoms with E-state index >= 15 is 0 Å². The molecule has 0 spiro atoms. The molecule has 0 aliphatic carbocycles. The van der Waals surface area contributed by atoms with Crippen molar-refractivity contribution in [3.8, 4) is 0 Å². The van der Waals surface area contributed by atoms with Crippen LogP contribution in [0.15, 0.2) is 30.3 Å². The molecule has 0 radical (unpaired) electrons. The Morgan fingerprint density at radius 3 is 2.20 bits per heavy atom. The van der Waals surface area contributed by atoms with Crippen molar-refractivity contribution in [2.75, 3.05) is 4.90 Å². The molecule has 0 saturated heterocycles. The first-order valence-electron chi connectivity index (χ1n) is 7.00. The zero-order chi connectivity index (χ0) is 15.0. The van der Waals surface area contributed by atoms with Crippen LogP contribution in [0.25, 0.3) is 0 Å². The van der Waals surface area contributed by atoms with E-state index in [0.717, 1.165) is 0 Å². The maximum Gasteiger partial charge on any atom is 0.228 e. The van der Waals surface area contributed by atoms with Gasteiger partial charge in [0.05, 0.1) is 0 Å². The molecule has 0 bridgehead atoms. The second-order valence-electron chi connectivity index (χ2n) is 4.65. The Bertz CT molecular complexity index is 456. The van der Waals surface area contributed by atoms with Crippen LogP contribution in [-0.2, 0) is 14.4 Å². The molecule has 1 aromatic carbocycles. The summed E-state index contributed by atoms with van der Waals surface area (Å²) in [5, 5.41) is 0. The summed E-state index contributed by atoms with van der Waals surface area (Å²) in [6.07, 6.45) is 2.52. The average Bonchev–Trinajstić information content (AvgIpc) is 2.45. The Balaban J connectivity index is 3.12. The molecular weight excluding hydrogens is 254 g/mol. The summed E-state index contributed by atoms with van der Waals surface area (Å²) < 4.78 is 0. The van der Waals surface area contributed by atoms with Gasteiger partial charge in [0.15, 0.2) is 18.1 Å². The van der Waals surface area contributed by atoms with Crippen LogP contribution in [0.4, 0.5) is 5.69 Å². The smallest absolute Gasteiger partial charge is 0.228 e. The molecular formula is C16H21NO3. The van der Waals surface area contributed by atoms with Crippen molar-refractivity contribution in [2.24, 2.45) is 0 Å². The molecule has 1 aromatic rings. The summed E-state index contributed by atoms with van der Waals surface area (Å²) >= 11 is 0. The van der Waals surface area contributed by atoms with Gasteiger partial charge in [-0.1, -0.05) is 32.0 Å². The molecule has 4 heteroatoms. The van der Waals surface area contributed by atoms with Gasteiger partial charge in [-0.25, -0.2) is 0 Å². The van der Waals surface area contributed by atoms with E-state index in [1.165, 1.54) is 4.90 Å². The first-order valence-corrected chi connectivity index (χ1v) is 7.00. The molecule has 0 fully saturated rings. The minimum absolute atomic E-state index is 0.194. The Morgan fingerprint density at radius 1 is 1.10 bits per heavy atom. The van der Waals surface area contributed by atoms with E-state index in [0.29, 0.717) is 37.7 Å².